The number of hydrogen-bond donors (Lipinski definition) is 2. The van der Waals surface area contributed by atoms with Crippen LogP contribution in [-0.4, -0.2) is 23.8 Å². The van der Waals surface area contributed by atoms with E-state index in [2.05, 4.69) is 11.7 Å². The van der Waals surface area contributed by atoms with Crippen LogP contribution in [0.1, 0.15) is 6.42 Å². The highest BCUT2D eigenvalue weighted by molar-refractivity contribution is 7.98. The quantitative estimate of drug-likeness (QED) is 0.424. The van der Waals surface area contributed by atoms with Crippen molar-refractivity contribution >= 4 is 11.8 Å². The van der Waals surface area contributed by atoms with Gasteiger partial charge in [0.05, 0.1) is 0 Å². The first-order chi connectivity index (χ1) is 3.41. The topological polar surface area (TPSA) is 32.3 Å². The molecule has 2 nitrogen and oxygen atoms in total. The molecule has 2 N–H and O–H groups in total. The molecule has 44 valence electrons. The molecule has 0 amide bonds. The lowest BCUT2D eigenvalue weighted by molar-refractivity contribution is 0.167. The molecule has 0 aliphatic rings. The molecule has 0 aromatic rings. The minimum Gasteiger partial charge on any atom is -0.317 e. The molecule has 7 heavy (non-hydrogen) atoms. The molecule has 0 atom stereocenters. The van der Waals surface area contributed by atoms with E-state index < -0.39 is 0 Å². The van der Waals surface area contributed by atoms with E-state index in [1.165, 1.54) is 0 Å². The maximum Gasteiger partial charge on any atom is 0.0215 e. The Morgan fingerprint density at radius 3 is 2.86 bits per heavy atom. The van der Waals surface area contributed by atoms with Crippen molar-refractivity contribution in [3.63, 3.8) is 0 Å². The van der Waals surface area contributed by atoms with Gasteiger partial charge in [-0.1, -0.05) is 0 Å². The van der Waals surface area contributed by atoms with Crippen LogP contribution in [0.3, 0.4) is 0 Å². The lowest BCUT2D eigenvalue weighted by Gasteiger charge is -1.92. The third kappa shape index (κ3) is 6.27. The van der Waals surface area contributed by atoms with Crippen LogP contribution >= 0.6 is 11.8 Å². The maximum atomic E-state index is 8.03. The fourth-order valence-corrected chi connectivity index (χ4v) is 0.729. The highest BCUT2D eigenvalue weighted by Gasteiger charge is 1.79. The number of nitrogens with one attached hydrogen (secondary N) is 1. The standard InChI is InChI=1S/C4H11NOS/c1-7-4-2-3-5-6/h5-6H,2-4H2,1H3. The van der Waals surface area contributed by atoms with E-state index in [0.29, 0.717) is 6.54 Å². The zero-order valence-corrected chi connectivity index (χ0v) is 5.29. The van der Waals surface area contributed by atoms with E-state index >= 15 is 0 Å². The van der Waals surface area contributed by atoms with E-state index in [4.69, 9.17) is 5.21 Å². The summed E-state index contributed by atoms with van der Waals surface area (Å²) in [5.74, 6) is 1.12. The van der Waals surface area contributed by atoms with E-state index in [9.17, 15) is 0 Å². The summed E-state index contributed by atoms with van der Waals surface area (Å²) >= 11 is 1.79. The molecule has 0 aromatic heterocycles. The van der Waals surface area contributed by atoms with Gasteiger partial charge in [-0.15, -0.1) is 0 Å². The smallest absolute Gasteiger partial charge is 0.0215 e. The van der Waals surface area contributed by atoms with Crippen LogP contribution in [0.4, 0.5) is 0 Å². The van der Waals surface area contributed by atoms with Crippen molar-refractivity contribution in [2.24, 2.45) is 0 Å². The van der Waals surface area contributed by atoms with Crippen molar-refractivity contribution in [1.29, 1.82) is 0 Å². The van der Waals surface area contributed by atoms with Crippen molar-refractivity contribution < 1.29 is 5.21 Å². The van der Waals surface area contributed by atoms with Gasteiger partial charge in [0.2, 0.25) is 0 Å². The Hall–Kier alpha value is 0.270. The molecule has 0 bridgehead atoms. The van der Waals surface area contributed by atoms with E-state index in [-0.39, 0.29) is 0 Å². The normalized spacial score (nSPS) is 9.43. The first-order valence-corrected chi connectivity index (χ1v) is 3.67. The Bertz CT molecular complexity index is 30.9. The van der Waals surface area contributed by atoms with Crippen LogP contribution in [0.15, 0.2) is 0 Å². The number of hydrogen-bond acceptors (Lipinski definition) is 3. The van der Waals surface area contributed by atoms with Crippen LogP contribution in [0.5, 0.6) is 0 Å². The summed E-state index contributed by atoms with van der Waals surface area (Å²) in [5.41, 5.74) is 2.09. The third-order valence-corrected chi connectivity index (χ3v) is 1.33. The SMILES string of the molecule is CSCCCNO. The molecule has 0 aliphatic heterocycles. The largest absolute Gasteiger partial charge is 0.317 e. The summed E-state index contributed by atoms with van der Waals surface area (Å²) in [6.45, 7) is 0.709. The number of hydroxylamine groups is 1. The maximum absolute atomic E-state index is 8.03. The molecule has 0 fully saturated rings. The predicted octanol–water partition coefficient (Wildman–Crippen LogP) is 0.718. The summed E-state index contributed by atoms with van der Waals surface area (Å²) < 4.78 is 0. The van der Waals surface area contributed by atoms with Crippen LogP contribution in [0.25, 0.3) is 0 Å². The summed E-state index contributed by atoms with van der Waals surface area (Å²) in [7, 11) is 0. The average molecular weight is 121 g/mol. The fraction of sp³-hybridized carbons (Fsp3) is 1.00. The summed E-state index contributed by atoms with van der Waals surface area (Å²) in [4.78, 5) is 0. The Balaban J connectivity index is 2.45. The van der Waals surface area contributed by atoms with Gasteiger partial charge < -0.3 is 5.21 Å². The van der Waals surface area contributed by atoms with Crippen molar-refractivity contribution in [3.8, 4) is 0 Å². The molecular formula is C4H11NOS. The van der Waals surface area contributed by atoms with Crippen molar-refractivity contribution in [2.45, 2.75) is 6.42 Å². The summed E-state index contributed by atoms with van der Waals surface area (Å²) in [5, 5.41) is 8.03. The van der Waals surface area contributed by atoms with Crippen LogP contribution < -0.4 is 5.48 Å². The lowest BCUT2D eigenvalue weighted by atomic mass is 10.5. The summed E-state index contributed by atoms with van der Waals surface area (Å²) in [6.07, 6.45) is 3.09. The molecule has 0 heterocycles. The Morgan fingerprint density at radius 1 is 1.71 bits per heavy atom. The molecule has 0 unspecified atom stereocenters. The van der Waals surface area contributed by atoms with Crippen molar-refractivity contribution in [1.82, 2.24) is 5.48 Å². The summed E-state index contributed by atoms with van der Waals surface area (Å²) in [6, 6.07) is 0. The highest BCUT2D eigenvalue weighted by atomic mass is 32.2. The van der Waals surface area contributed by atoms with E-state index in [0.717, 1.165) is 12.2 Å². The second-order valence-corrected chi connectivity index (χ2v) is 2.24. The molecule has 0 aromatic carbocycles. The van der Waals surface area contributed by atoms with Gasteiger partial charge in [0.15, 0.2) is 0 Å². The zero-order chi connectivity index (χ0) is 5.54. The van der Waals surface area contributed by atoms with Gasteiger partial charge in [0.1, 0.15) is 0 Å². The Morgan fingerprint density at radius 2 is 2.43 bits per heavy atom. The lowest BCUT2D eigenvalue weighted by Crippen LogP contribution is -2.08. The molecule has 0 rings (SSSR count). The van der Waals surface area contributed by atoms with Gasteiger partial charge in [-0.25, -0.2) is 5.48 Å². The fourth-order valence-electron chi connectivity index (χ4n) is 0.296. The van der Waals surface area contributed by atoms with E-state index in [1.807, 2.05) is 0 Å². The molecule has 0 saturated carbocycles. The van der Waals surface area contributed by atoms with E-state index in [1.54, 1.807) is 11.8 Å². The van der Waals surface area contributed by atoms with Gasteiger partial charge >= 0.3 is 0 Å². The molecule has 0 radical (unpaired) electrons. The third-order valence-electron chi connectivity index (χ3n) is 0.637. The molecular weight excluding hydrogens is 110 g/mol. The molecule has 0 saturated heterocycles. The minimum absolute atomic E-state index is 0.709. The van der Waals surface area contributed by atoms with Crippen molar-refractivity contribution in [3.05, 3.63) is 0 Å². The van der Waals surface area contributed by atoms with Gasteiger partial charge in [-0.05, 0) is 18.4 Å². The van der Waals surface area contributed by atoms with Crippen molar-refractivity contribution in [2.75, 3.05) is 18.6 Å². The predicted molar refractivity (Wildman–Crippen MR) is 32.8 cm³/mol. The Labute approximate surface area is 48.3 Å². The van der Waals surface area contributed by atoms with Crippen LogP contribution in [0, 0.1) is 0 Å². The molecule has 0 spiro atoms. The van der Waals surface area contributed by atoms with Gasteiger partial charge in [-0.3, -0.25) is 0 Å². The van der Waals surface area contributed by atoms with Crippen LogP contribution in [-0.2, 0) is 0 Å². The monoisotopic (exact) mass is 121 g/mol. The van der Waals surface area contributed by atoms with Crippen LogP contribution in [0.2, 0.25) is 0 Å². The number of thioether (sulfide) groups is 1. The second kappa shape index (κ2) is 6.27. The molecule has 3 heteroatoms. The molecule has 0 aliphatic carbocycles. The first kappa shape index (κ1) is 7.27. The Kier molecular flexibility index (Phi) is 6.51. The first-order valence-electron chi connectivity index (χ1n) is 2.27. The van der Waals surface area contributed by atoms with Gasteiger partial charge in [0.25, 0.3) is 0 Å². The number of rotatable bonds is 4. The second-order valence-electron chi connectivity index (χ2n) is 1.25. The highest BCUT2D eigenvalue weighted by Crippen LogP contribution is 1.92. The van der Waals surface area contributed by atoms with Gasteiger partial charge in [-0.2, -0.15) is 11.8 Å². The zero-order valence-electron chi connectivity index (χ0n) is 4.48. The minimum atomic E-state index is 0.709. The average Bonchev–Trinajstić information content (AvgIpc) is 1.69. The van der Waals surface area contributed by atoms with Gasteiger partial charge in [0, 0.05) is 6.54 Å².